The maximum absolute atomic E-state index is 12.8. The lowest BCUT2D eigenvalue weighted by Crippen LogP contribution is -2.43. The van der Waals surface area contributed by atoms with Crippen LogP contribution < -0.4 is 10.6 Å². The second-order valence-electron chi connectivity index (χ2n) is 5.39. The molecule has 1 saturated heterocycles. The fourth-order valence-corrected chi connectivity index (χ4v) is 3.15. The Hall–Kier alpha value is -1.76. The van der Waals surface area contributed by atoms with Gasteiger partial charge in [-0.05, 0) is 36.3 Å². The quantitative estimate of drug-likeness (QED) is 0.779. The van der Waals surface area contributed by atoms with Crippen LogP contribution in [-0.4, -0.2) is 48.8 Å². The molecule has 23 heavy (non-hydrogen) atoms. The van der Waals surface area contributed by atoms with E-state index in [4.69, 9.17) is 0 Å². The zero-order valence-corrected chi connectivity index (χ0v) is 13.8. The maximum atomic E-state index is 12.8. The van der Waals surface area contributed by atoms with E-state index in [1.165, 1.54) is 12.1 Å². The summed E-state index contributed by atoms with van der Waals surface area (Å²) in [5.41, 5.74) is 1.09. The van der Waals surface area contributed by atoms with Gasteiger partial charge in [0.05, 0.1) is 0 Å². The van der Waals surface area contributed by atoms with Gasteiger partial charge >= 0.3 is 6.03 Å². The van der Waals surface area contributed by atoms with Crippen LogP contribution in [-0.2, 0) is 10.5 Å². The first kappa shape index (κ1) is 17.6. The van der Waals surface area contributed by atoms with Crippen LogP contribution >= 0.6 is 11.8 Å². The van der Waals surface area contributed by atoms with E-state index >= 15 is 0 Å². The number of carbonyl (C=O) groups excluding carboxylic acids is 2. The molecule has 0 aromatic heterocycles. The highest BCUT2D eigenvalue weighted by Crippen LogP contribution is 2.13. The molecule has 0 saturated carbocycles. The SMILES string of the molecule is O=C1CN(C(=O)NCCCSCc2ccc(F)cc2)CCCN1. The Balaban J connectivity index is 1.56. The van der Waals surface area contributed by atoms with Gasteiger partial charge in [0.2, 0.25) is 5.91 Å². The molecule has 1 aromatic carbocycles. The number of benzene rings is 1. The average molecular weight is 339 g/mol. The Bertz CT molecular complexity index is 525. The first-order valence-corrected chi connectivity index (χ1v) is 8.92. The monoisotopic (exact) mass is 339 g/mol. The van der Waals surface area contributed by atoms with E-state index in [1.54, 1.807) is 28.8 Å². The Morgan fingerprint density at radius 1 is 1.35 bits per heavy atom. The Labute approximate surface area is 140 Å². The van der Waals surface area contributed by atoms with Crippen molar-refractivity contribution in [3.8, 4) is 0 Å². The van der Waals surface area contributed by atoms with E-state index in [1.807, 2.05) is 0 Å². The third kappa shape index (κ3) is 6.48. The topological polar surface area (TPSA) is 61.4 Å². The standard InChI is InChI=1S/C16H22FN3O2S/c17-14-5-3-13(4-6-14)12-23-10-2-8-19-16(22)20-9-1-7-18-15(21)11-20/h3-6H,1-2,7-12H2,(H,18,21)(H,19,22). The summed E-state index contributed by atoms with van der Waals surface area (Å²) in [6, 6.07) is 6.33. The fourth-order valence-electron chi connectivity index (χ4n) is 2.23. The summed E-state index contributed by atoms with van der Waals surface area (Å²) in [4.78, 5) is 24.9. The molecule has 1 aliphatic heterocycles. The van der Waals surface area contributed by atoms with Crippen molar-refractivity contribution in [1.82, 2.24) is 15.5 Å². The molecule has 126 valence electrons. The van der Waals surface area contributed by atoms with Crippen molar-refractivity contribution in [2.75, 3.05) is 31.9 Å². The first-order chi connectivity index (χ1) is 11.1. The molecule has 7 heteroatoms. The van der Waals surface area contributed by atoms with Crippen molar-refractivity contribution in [3.63, 3.8) is 0 Å². The molecule has 1 fully saturated rings. The Morgan fingerprint density at radius 2 is 2.13 bits per heavy atom. The largest absolute Gasteiger partial charge is 0.354 e. The molecule has 1 aliphatic rings. The molecule has 0 unspecified atom stereocenters. The van der Waals surface area contributed by atoms with Gasteiger partial charge in [-0.15, -0.1) is 0 Å². The lowest BCUT2D eigenvalue weighted by atomic mass is 10.2. The minimum absolute atomic E-state index is 0.104. The van der Waals surface area contributed by atoms with Gasteiger partial charge in [0.1, 0.15) is 12.4 Å². The molecule has 0 radical (unpaired) electrons. The molecule has 0 atom stereocenters. The molecule has 2 N–H and O–H groups in total. The maximum Gasteiger partial charge on any atom is 0.317 e. The normalized spacial score (nSPS) is 15.0. The molecular weight excluding hydrogens is 317 g/mol. The minimum atomic E-state index is -0.219. The zero-order valence-electron chi connectivity index (χ0n) is 13.0. The zero-order chi connectivity index (χ0) is 16.5. The molecule has 1 aromatic rings. The molecule has 0 bridgehead atoms. The minimum Gasteiger partial charge on any atom is -0.354 e. The van der Waals surface area contributed by atoms with Crippen LogP contribution in [0.3, 0.4) is 0 Å². The fraction of sp³-hybridized carbons (Fsp3) is 0.500. The first-order valence-electron chi connectivity index (χ1n) is 7.77. The van der Waals surface area contributed by atoms with Crippen LogP contribution in [0.2, 0.25) is 0 Å². The molecule has 2 rings (SSSR count). The van der Waals surface area contributed by atoms with Gasteiger partial charge in [-0.3, -0.25) is 4.79 Å². The van der Waals surface area contributed by atoms with Gasteiger partial charge in [0, 0.05) is 25.4 Å². The van der Waals surface area contributed by atoms with Gasteiger partial charge in [0.15, 0.2) is 0 Å². The smallest absolute Gasteiger partial charge is 0.317 e. The van der Waals surface area contributed by atoms with Crippen molar-refractivity contribution in [2.45, 2.75) is 18.6 Å². The van der Waals surface area contributed by atoms with E-state index < -0.39 is 0 Å². The van der Waals surface area contributed by atoms with E-state index in [0.29, 0.717) is 19.6 Å². The predicted molar refractivity (Wildman–Crippen MR) is 89.8 cm³/mol. The van der Waals surface area contributed by atoms with Crippen LogP contribution in [0.25, 0.3) is 0 Å². The number of carbonyl (C=O) groups is 2. The summed E-state index contributed by atoms with van der Waals surface area (Å²) in [6.07, 6.45) is 1.64. The number of nitrogens with zero attached hydrogens (tertiary/aromatic N) is 1. The molecule has 1 heterocycles. The van der Waals surface area contributed by atoms with Crippen molar-refractivity contribution < 1.29 is 14.0 Å². The summed E-state index contributed by atoms with van der Waals surface area (Å²) < 4.78 is 12.8. The Kier molecular flexibility index (Phi) is 7.19. The molecule has 0 spiro atoms. The highest BCUT2D eigenvalue weighted by atomic mass is 32.2. The van der Waals surface area contributed by atoms with Gasteiger partial charge < -0.3 is 15.5 Å². The average Bonchev–Trinajstić information content (AvgIpc) is 2.77. The van der Waals surface area contributed by atoms with Crippen molar-refractivity contribution >= 4 is 23.7 Å². The van der Waals surface area contributed by atoms with Crippen LogP contribution in [0.4, 0.5) is 9.18 Å². The lowest BCUT2D eigenvalue weighted by Gasteiger charge is -2.19. The number of urea groups is 1. The van der Waals surface area contributed by atoms with Crippen molar-refractivity contribution in [3.05, 3.63) is 35.6 Å². The summed E-state index contributed by atoms with van der Waals surface area (Å²) >= 11 is 1.75. The summed E-state index contributed by atoms with van der Waals surface area (Å²) in [7, 11) is 0. The van der Waals surface area contributed by atoms with Crippen LogP contribution in [0.1, 0.15) is 18.4 Å². The molecule has 3 amide bonds. The van der Waals surface area contributed by atoms with Gasteiger partial charge in [0.25, 0.3) is 0 Å². The third-order valence-corrected chi connectivity index (χ3v) is 4.59. The number of halogens is 1. The molecule has 0 aliphatic carbocycles. The van der Waals surface area contributed by atoms with Crippen LogP contribution in [0.5, 0.6) is 0 Å². The summed E-state index contributed by atoms with van der Waals surface area (Å²) in [6.45, 7) is 1.95. The van der Waals surface area contributed by atoms with Gasteiger partial charge in [-0.2, -0.15) is 11.8 Å². The van der Waals surface area contributed by atoms with Gasteiger partial charge in [-0.1, -0.05) is 12.1 Å². The second kappa shape index (κ2) is 9.39. The molecule has 5 nitrogen and oxygen atoms in total. The van der Waals surface area contributed by atoms with E-state index in [0.717, 1.165) is 29.9 Å². The van der Waals surface area contributed by atoms with Crippen molar-refractivity contribution in [1.29, 1.82) is 0 Å². The predicted octanol–water partition coefficient (Wildman–Crippen LogP) is 1.98. The van der Waals surface area contributed by atoms with E-state index in [-0.39, 0.29) is 24.3 Å². The van der Waals surface area contributed by atoms with Crippen molar-refractivity contribution in [2.24, 2.45) is 0 Å². The van der Waals surface area contributed by atoms with E-state index in [2.05, 4.69) is 10.6 Å². The number of rotatable bonds is 6. The van der Waals surface area contributed by atoms with Crippen LogP contribution in [0, 0.1) is 5.82 Å². The summed E-state index contributed by atoms with van der Waals surface area (Å²) in [5.74, 6) is 1.43. The second-order valence-corrected chi connectivity index (χ2v) is 6.49. The number of amides is 3. The number of nitrogens with one attached hydrogen (secondary N) is 2. The number of hydrogen-bond acceptors (Lipinski definition) is 3. The lowest BCUT2D eigenvalue weighted by molar-refractivity contribution is -0.121. The number of thioether (sulfide) groups is 1. The number of hydrogen-bond donors (Lipinski definition) is 2. The third-order valence-electron chi connectivity index (χ3n) is 3.47. The summed E-state index contributed by atoms with van der Waals surface area (Å²) in [5, 5.41) is 5.60. The molecular formula is C16H22FN3O2S. The van der Waals surface area contributed by atoms with Gasteiger partial charge in [-0.25, -0.2) is 9.18 Å². The highest BCUT2D eigenvalue weighted by molar-refractivity contribution is 7.98. The van der Waals surface area contributed by atoms with Crippen LogP contribution in [0.15, 0.2) is 24.3 Å². The Morgan fingerprint density at radius 3 is 2.91 bits per heavy atom. The van der Waals surface area contributed by atoms with E-state index in [9.17, 15) is 14.0 Å². The highest BCUT2D eigenvalue weighted by Gasteiger charge is 2.18.